The van der Waals surface area contributed by atoms with Gasteiger partial charge in [0, 0.05) is 38.1 Å². The highest BCUT2D eigenvalue weighted by Crippen LogP contribution is 2.36. The summed E-state index contributed by atoms with van der Waals surface area (Å²) in [5, 5.41) is 86.9. The van der Waals surface area contributed by atoms with Crippen molar-refractivity contribution in [3.8, 4) is 0 Å². The number of hydrogen-bond acceptors (Lipinski definition) is 22. The van der Waals surface area contributed by atoms with Crippen LogP contribution in [0.5, 0.6) is 0 Å². The number of aliphatic hydroxyl groups excluding tert-OH is 8. The third-order valence-corrected chi connectivity index (χ3v) is 11.5. The van der Waals surface area contributed by atoms with Gasteiger partial charge in [0.05, 0.1) is 42.9 Å². The molecule has 3 heterocycles. The van der Waals surface area contributed by atoms with Crippen LogP contribution in [0.2, 0.25) is 0 Å². The van der Waals surface area contributed by atoms with E-state index in [0.29, 0.717) is 0 Å². The number of rotatable bonds is 16. The third-order valence-electron chi connectivity index (χ3n) is 9.74. The summed E-state index contributed by atoms with van der Waals surface area (Å²) < 4.78 is 60.8. The first-order valence-electron chi connectivity index (χ1n) is 16.9. The molecule has 0 aromatic heterocycles. The maximum atomic E-state index is 12.7. The molecule has 22 nitrogen and oxygen atoms in total. The van der Waals surface area contributed by atoms with Gasteiger partial charge in [-0.2, -0.15) is 0 Å². The Morgan fingerprint density at radius 1 is 0.686 bits per heavy atom. The van der Waals surface area contributed by atoms with Gasteiger partial charge in [0.15, 0.2) is 28.7 Å². The van der Waals surface area contributed by atoms with Gasteiger partial charge in [-0.05, 0) is 6.42 Å². The van der Waals surface area contributed by atoms with Crippen molar-refractivity contribution in [3.63, 3.8) is 0 Å². The third kappa shape index (κ3) is 9.88. The zero-order valence-electron chi connectivity index (χ0n) is 28.0. The molecule has 1 saturated carbocycles. The minimum Gasteiger partial charge on any atom is -0.395 e. The van der Waals surface area contributed by atoms with Crippen molar-refractivity contribution in [2.75, 3.05) is 50.9 Å². The molecule has 0 amide bonds. The number of sulfone groups is 1. The van der Waals surface area contributed by atoms with Crippen LogP contribution in [0.1, 0.15) is 6.42 Å². The highest BCUT2D eigenvalue weighted by atomic mass is 32.2. The molecule has 4 fully saturated rings. The number of nitrogens with one attached hydrogen (secondary N) is 1. The smallest absolute Gasteiger partial charge is 0.187 e. The lowest BCUT2D eigenvalue weighted by Crippen LogP contribution is -2.67. The fraction of sp³-hybridized carbons (Fsp3) is 1.00. The van der Waals surface area contributed by atoms with E-state index in [1.54, 1.807) is 0 Å². The normalized spacial score (nSPS) is 46.7. The summed E-state index contributed by atoms with van der Waals surface area (Å²) in [5.74, 6) is -1.91. The molecular formula is C28H56N6O16S. The molecule has 0 spiro atoms. The summed E-state index contributed by atoms with van der Waals surface area (Å²) in [6.45, 7) is -1.17. The molecule has 19 N–H and O–H groups in total. The largest absolute Gasteiger partial charge is 0.395 e. The maximum absolute atomic E-state index is 12.7. The monoisotopic (exact) mass is 764 g/mol. The van der Waals surface area contributed by atoms with Crippen LogP contribution >= 0.6 is 0 Å². The number of aliphatic hydroxyl groups is 8. The van der Waals surface area contributed by atoms with Crippen molar-refractivity contribution in [2.45, 2.75) is 117 Å². The standard InChI is InChI=1S/C28H56N6O16S/c29-1-4-51(43,44)9-10-5-11(31)23(48-27-16(33)21(41)19(39)13(46-27)7-34-2-3-35)25(17(10)37)50-28-22(42)24(14(8-36)47-28)49-26-15(32)20(40)18(38)12(6-30)45-26/h10-28,34-42H,1-9,29-33H2/t10-,11-,12-,13+,14+,15+,16+,17-,18+,19+,20+,21+,22+,23+,24+,25+,26+,27+,28-/m0/s1. The zero-order valence-corrected chi connectivity index (χ0v) is 28.8. The van der Waals surface area contributed by atoms with Crippen LogP contribution < -0.4 is 34.0 Å². The molecule has 1 aliphatic carbocycles. The average Bonchev–Trinajstić information content (AvgIpc) is 3.38. The molecule has 3 aliphatic heterocycles. The quantitative estimate of drug-likeness (QED) is 0.0649. The molecule has 0 radical (unpaired) electrons. The van der Waals surface area contributed by atoms with E-state index < -0.39 is 138 Å². The Balaban J connectivity index is 1.58. The van der Waals surface area contributed by atoms with Gasteiger partial charge < -0.3 is 103 Å². The summed E-state index contributed by atoms with van der Waals surface area (Å²) in [5.41, 5.74) is 29.8. The molecular weight excluding hydrogens is 708 g/mol. The topological polar surface area (TPSA) is 393 Å². The van der Waals surface area contributed by atoms with E-state index in [4.69, 9.17) is 62.2 Å². The Morgan fingerprint density at radius 2 is 1.24 bits per heavy atom. The Hall–Kier alpha value is -0.850. The van der Waals surface area contributed by atoms with Gasteiger partial charge >= 0.3 is 0 Å². The van der Waals surface area contributed by atoms with E-state index in [1.165, 1.54) is 0 Å². The number of hydrogen-bond donors (Lipinski definition) is 14. The molecule has 3 saturated heterocycles. The number of nitrogens with two attached hydrogens (primary N) is 5. The predicted octanol–water partition coefficient (Wildman–Crippen LogP) is -9.61. The van der Waals surface area contributed by atoms with Crippen LogP contribution in [0, 0.1) is 5.92 Å². The lowest BCUT2D eigenvalue weighted by molar-refractivity contribution is -0.309. The van der Waals surface area contributed by atoms with Gasteiger partial charge in [0.1, 0.15) is 67.1 Å². The molecule has 300 valence electrons. The first kappa shape index (κ1) is 42.9. The fourth-order valence-corrected chi connectivity index (χ4v) is 8.37. The highest BCUT2D eigenvalue weighted by Gasteiger charge is 2.55. The van der Waals surface area contributed by atoms with E-state index in [0.717, 1.165) is 0 Å². The van der Waals surface area contributed by atoms with Crippen molar-refractivity contribution in [1.82, 2.24) is 5.32 Å². The Bertz CT molecular complexity index is 1180. The van der Waals surface area contributed by atoms with Crippen molar-refractivity contribution < 1.29 is 77.7 Å². The molecule has 51 heavy (non-hydrogen) atoms. The van der Waals surface area contributed by atoms with E-state index in [1.807, 2.05) is 0 Å². The van der Waals surface area contributed by atoms with Gasteiger partial charge in [-0.25, -0.2) is 8.42 Å². The van der Waals surface area contributed by atoms with Crippen LogP contribution in [0.4, 0.5) is 0 Å². The van der Waals surface area contributed by atoms with Crippen LogP contribution in [0.25, 0.3) is 0 Å². The molecule has 4 aliphatic rings. The Kier molecular flexibility index (Phi) is 15.7. The summed E-state index contributed by atoms with van der Waals surface area (Å²) >= 11 is 0. The number of ether oxygens (including phenoxy) is 6. The second-order valence-corrected chi connectivity index (χ2v) is 15.7. The lowest BCUT2D eigenvalue weighted by Gasteiger charge is -2.48. The van der Waals surface area contributed by atoms with Crippen LogP contribution in [-0.4, -0.2) is 210 Å². The van der Waals surface area contributed by atoms with Gasteiger partial charge in [-0.1, -0.05) is 0 Å². The lowest BCUT2D eigenvalue weighted by atomic mass is 9.80. The zero-order chi connectivity index (χ0) is 37.8. The Labute approximate surface area is 294 Å². The summed E-state index contributed by atoms with van der Waals surface area (Å²) in [6.07, 6.45) is -21.7. The molecule has 0 bridgehead atoms. The molecule has 23 heteroatoms. The van der Waals surface area contributed by atoms with Gasteiger partial charge in [-0.3, -0.25) is 0 Å². The van der Waals surface area contributed by atoms with E-state index in [9.17, 15) is 44.2 Å². The van der Waals surface area contributed by atoms with Crippen molar-refractivity contribution in [3.05, 3.63) is 0 Å². The van der Waals surface area contributed by atoms with E-state index in [2.05, 4.69) is 5.32 Å². The first-order chi connectivity index (χ1) is 24.1. The summed E-state index contributed by atoms with van der Waals surface area (Å²) in [7, 11) is -3.77. The average molecular weight is 765 g/mol. The second kappa shape index (κ2) is 18.7. The molecule has 19 atom stereocenters. The molecule has 0 unspecified atom stereocenters. The predicted molar refractivity (Wildman–Crippen MR) is 172 cm³/mol. The van der Waals surface area contributed by atoms with Crippen LogP contribution in [-0.2, 0) is 38.3 Å². The fourth-order valence-electron chi connectivity index (χ4n) is 6.86. The van der Waals surface area contributed by atoms with Gasteiger partial charge in [0.25, 0.3) is 0 Å². The van der Waals surface area contributed by atoms with Gasteiger partial charge in [0.2, 0.25) is 0 Å². The minimum absolute atomic E-state index is 0.0197. The molecule has 4 rings (SSSR count). The highest BCUT2D eigenvalue weighted by molar-refractivity contribution is 7.91. The SMILES string of the molecule is NCCS(=O)(=O)C[C@@H]1C[C@H](N)[C@@H](O[C@H]2O[C@H](CNCCO)[C@@H](O)[C@H](O)[C@H]2N)[C@H](O[C@@H]2O[C@H](CO)[C@@H](O[C@H]3O[C@@H](CN)[C@@H](O)[C@H](O)[C@H]3N)[C@H]2O)[C@H]1O. The summed E-state index contributed by atoms with van der Waals surface area (Å²) in [6, 6.07) is -3.70. The first-order valence-corrected chi connectivity index (χ1v) is 18.7. The Morgan fingerprint density at radius 3 is 1.80 bits per heavy atom. The molecule has 0 aromatic carbocycles. The second-order valence-electron chi connectivity index (χ2n) is 13.4. The van der Waals surface area contributed by atoms with Crippen molar-refractivity contribution in [2.24, 2.45) is 34.6 Å². The summed E-state index contributed by atoms with van der Waals surface area (Å²) in [4.78, 5) is 0. The molecule has 0 aromatic rings. The van der Waals surface area contributed by atoms with Gasteiger partial charge in [-0.15, -0.1) is 0 Å². The van der Waals surface area contributed by atoms with Crippen LogP contribution in [0.15, 0.2) is 0 Å². The van der Waals surface area contributed by atoms with Crippen LogP contribution in [0.3, 0.4) is 0 Å². The van der Waals surface area contributed by atoms with E-state index >= 15 is 0 Å². The van der Waals surface area contributed by atoms with Crippen molar-refractivity contribution in [1.29, 1.82) is 0 Å². The van der Waals surface area contributed by atoms with E-state index in [-0.39, 0.29) is 45.0 Å². The minimum atomic E-state index is -3.77. The maximum Gasteiger partial charge on any atom is 0.187 e. The van der Waals surface area contributed by atoms with Crippen molar-refractivity contribution >= 4 is 9.84 Å².